The lowest BCUT2D eigenvalue weighted by Crippen LogP contribution is -2.00. The lowest BCUT2D eigenvalue weighted by Gasteiger charge is -2.11. The van der Waals surface area contributed by atoms with Gasteiger partial charge >= 0.3 is 0 Å². The number of rotatable bonds is 2. The third-order valence-electron chi connectivity index (χ3n) is 2.02. The minimum atomic E-state index is 0.394. The largest absolute Gasteiger partial charge is 0.383 e. The number of aromatic nitrogens is 2. The quantitative estimate of drug-likeness (QED) is 0.765. The molecule has 4 nitrogen and oxygen atoms in total. The normalized spacial score (nSPS) is 10.3. The Morgan fingerprint density at radius 3 is 2.35 bits per heavy atom. The second-order valence-electron chi connectivity index (χ2n) is 3.14. The van der Waals surface area contributed by atoms with Crippen LogP contribution in [0.1, 0.15) is 0 Å². The summed E-state index contributed by atoms with van der Waals surface area (Å²) in [5.74, 6) is 1.01. The van der Waals surface area contributed by atoms with E-state index in [4.69, 9.17) is 5.73 Å². The summed E-state index contributed by atoms with van der Waals surface area (Å²) in [6, 6.07) is 5.81. The van der Waals surface area contributed by atoms with Crippen LogP contribution in [0.25, 0.3) is 0 Å². The molecule has 1 aromatic heterocycles. The van der Waals surface area contributed by atoms with Gasteiger partial charge in [0.15, 0.2) is 0 Å². The van der Waals surface area contributed by atoms with Gasteiger partial charge in [-0.15, -0.1) is 0 Å². The summed E-state index contributed by atoms with van der Waals surface area (Å²) in [4.78, 5) is 8.01. The molecule has 0 aliphatic carbocycles. The van der Waals surface area contributed by atoms with Crippen molar-refractivity contribution in [1.82, 2.24) is 9.97 Å². The summed E-state index contributed by atoms with van der Waals surface area (Å²) in [6.45, 7) is 0. The van der Waals surface area contributed by atoms with E-state index in [1.165, 1.54) is 6.33 Å². The first-order chi connectivity index (χ1) is 8.09. The SMILES string of the molecule is Nc1ncnc(Nc2c(Br)cccc2Br)c1Br. The molecule has 0 saturated carbocycles. The fraction of sp³-hybridized carbons (Fsp3) is 0. The predicted molar refractivity (Wildman–Crippen MR) is 79.3 cm³/mol. The van der Waals surface area contributed by atoms with Gasteiger partial charge in [0.2, 0.25) is 0 Å². The number of nitrogens with two attached hydrogens (primary N) is 1. The van der Waals surface area contributed by atoms with Crippen LogP contribution in [0.2, 0.25) is 0 Å². The summed E-state index contributed by atoms with van der Waals surface area (Å²) in [6.07, 6.45) is 1.41. The molecule has 88 valence electrons. The lowest BCUT2D eigenvalue weighted by molar-refractivity contribution is 1.16. The Labute approximate surface area is 123 Å². The number of nitrogen functional groups attached to an aromatic ring is 1. The van der Waals surface area contributed by atoms with E-state index >= 15 is 0 Å². The molecule has 1 heterocycles. The van der Waals surface area contributed by atoms with Crippen molar-refractivity contribution < 1.29 is 0 Å². The maximum absolute atomic E-state index is 5.69. The Hall–Kier alpha value is -0.660. The van der Waals surface area contributed by atoms with Crippen LogP contribution in [0.15, 0.2) is 37.9 Å². The van der Waals surface area contributed by atoms with Crippen LogP contribution in [0.3, 0.4) is 0 Å². The summed E-state index contributed by atoms with van der Waals surface area (Å²) in [5.41, 5.74) is 6.57. The smallest absolute Gasteiger partial charge is 0.150 e. The van der Waals surface area contributed by atoms with Crippen LogP contribution < -0.4 is 11.1 Å². The van der Waals surface area contributed by atoms with Gasteiger partial charge in [0.05, 0.1) is 5.69 Å². The van der Waals surface area contributed by atoms with E-state index in [-0.39, 0.29) is 0 Å². The highest BCUT2D eigenvalue weighted by atomic mass is 79.9. The number of benzene rings is 1. The summed E-state index contributed by atoms with van der Waals surface area (Å²) >= 11 is 10.3. The fourth-order valence-electron chi connectivity index (χ4n) is 1.21. The summed E-state index contributed by atoms with van der Waals surface area (Å²) < 4.78 is 2.49. The number of nitrogens with zero attached hydrogens (tertiary/aromatic N) is 2. The van der Waals surface area contributed by atoms with Crippen LogP contribution in [0.5, 0.6) is 0 Å². The monoisotopic (exact) mass is 420 g/mol. The van der Waals surface area contributed by atoms with Gasteiger partial charge in [0, 0.05) is 8.95 Å². The molecule has 0 saturated heterocycles. The van der Waals surface area contributed by atoms with Gasteiger partial charge < -0.3 is 11.1 Å². The summed E-state index contributed by atoms with van der Waals surface area (Å²) in [5, 5.41) is 3.18. The molecule has 0 aliphatic rings. The molecule has 0 radical (unpaired) electrons. The third-order valence-corrected chi connectivity index (χ3v) is 4.13. The van der Waals surface area contributed by atoms with E-state index in [2.05, 4.69) is 63.1 Å². The van der Waals surface area contributed by atoms with E-state index in [9.17, 15) is 0 Å². The number of halogens is 3. The third kappa shape index (κ3) is 2.78. The number of nitrogens with one attached hydrogen (secondary N) is 1. The van der Waals surface area contributed by atoms with Crippen molar-refractivity contribution in [2.24, 2.45) is 0 Å². The first-order valence-electron chi connectivity index (χ1n) is 4.56. The highest BCUT2D eigenvalue weighted by Gasteiger charge is 2.10. The standard InChI is InChI=1S/C10H7Br3N4/c11-5-2-1-3-6(12)8(5)17-10-7(13)9(14)15-4-16-10/h1-4H,(H3,14,15,16,17). The highest BCUT2D eigenvalue weighted by molar-refractivity contribution is 9.11. The molecule has 17 heavy (non-hydrogen) atoms. The van der Waals surface area contributed by atoms with E-state index in [0.29, 0.717) is 16.1 Å². The number of para-hydroxylation sites is 1. The van der Waals surface area contributed by atoms with Gasteiger partial charge in [-0.25, -0.2) is 9.97 Å². The molecule has 0 bridgehead atoms. The first-order valence-corrected chi connectivity index (χ1v) is 6.94. The second-order valence-corrected chi connectivity index (χ2v) is 5.64. The molecule has 0 fully saturated rings. The Bertz CT molecular complexity index is 539. The first kappa shape index (κ1) is 12.8. The maximum Gasteiger partial charge on any atom is 0.150 e. The van der Waals surface area contributed by atoms with Gasteiger partial charge in [-0.2, -0.15) is 0 Å². The Balaban J connectivity index is 2.42. The van der Waals surface area contributed by atoms with E-state index < -0.39 is 0 Å². The van der Waals surface area contributed by atoms with Crippen molar-refractivity contribution in [2.45, 2.75) is 0 Å². The molecule has 2 aromatic rings. The summed E-state index contributed by atoms with van der Waals surface area (Å²) in [7, 11) is 0. The highest BCUT2D eigenvalue weighted by Crippen LogP contribution is 2.35. The van der Waals surface area contributed by atoms with Gasteiger partial charge in [0.1, 0.15) is 22.4 Å². The van der Waals surface area contributed by atoms with E-state index in [1.807, 2.05) is 18.2 Å². The van der Waals surface area contributed by atoms with Gasteiger partial charge in [-0.05, 0) is 59.9 Å². The minimum absolute atomic E-state index is 0.394. The van der Waals surface area contributed by atoms with Gasteiger partial charge in [-0.3, -0.25) is 0 Å². The van der Waals surface area contributed by atoms with Crippen LogP contribution in [0.4, 0.5) is 17.3 Å². The molecule has 1 aromatic carbocycles. The van der Waals surface area contributed by atoms with E-state index in [1.54, 1.807) is 0 Å². The molecule has 7 heteroatoms. The molecule has 0 spiro atoms. The molecule has 0 atom stereocenters. The van der Waals surface area contributed by atoms with Gasteiger partial charge in [-0.1, -0.05) is 6.07 Å². The van der Waals surface area contributed by atoms with Crippen molar-refractivity contribution in [3.8, 4) is 0 Å². The van der Waals surface area contributed by atoms with Crippen LogP contribution in [-0.4, -0.2) is 9.97 Å². The van der Waals surface area contributed by atoms with Crippen molar-refractivity contribution in [3.63, 3.8) is 0 Å². The minimum Gasteiger partial charge on any atom is -0.383 e. The van der Waals surface area contributed by atoms with Crippen LogP contribution in [0, 0.1) is 0 Å². The zero-order valence-electron chi connectivity index (χ0n) is 8.42. The van der Waals surface area contributed by atoms with Crippen LogP contribution in [-0.2, 0) is 0 Å². The Kier molecular flexibility index (Phi) is 4.01. The molecule has 0 amide bonds. The zero-order valence-corrected chi connectivity index (χ0v) is 13.2. The van der Waals surface area contributed by atoms with Gasteiger partial charge in [0.25, 0.3) is 0 Å². The van der Waals surface area contributed by atoms with Crippen molar-refractivity contribution >= 4 is 65.1 Å². The Morgan fingerprint density at radius 1 is 1.06 bits per heavy atom. The zero-order chi connectivity index (χ0) is 12.4. The lowest BCUT2D eigenvalue weighted by atomic mass is 10.3. The number of hydrogen-bond donors (Lipinski definition) is 2. The number of hydrogen-bond acceptors (Lipinski definition) is 4. The predicted octanol–water partition coefficient (Wildman–Crippen LogP) is 4.09. The molecule has 2 rings (SSSR count). The molecule has 3 N–H and O–H groups in total. The second kappa shape index (κ2) is 5.32. The number of anilines is 3. The van der Waals surface area contributed by atoms with Crippen molar-refractivity contribution in [3.05, 3.63) is 37.9 Å². The Morgan fingerprint density at radius 2 is 1.71 bits per heavy atom. The molecule has 0 unspecified atom stereocenters. The average molecular weight is 423 g/mol. The molecule has 0 aliphatic heterocycles. The topological polar surface area (TPSA) is 63.8 Å². The van der Waals surface area contributed by atoms with Crippen molar-refractivity contribution in [1.29, 1.82) is 0 Å². The molecular weight excluding hydrogens is 416 g/mol. The molecular formula is C10H7Br3N4. The van der Waals surface area contributed by atoms with Crippen molar-refractivity contribution in [2.75, 3.05) is 11.1 Å². The average Bonchev–Trinajstić information content (AvgIpc) is 2.29. The van der Waals surface area contributed by atoms with Crippen LogP contribution >= 0.6 is 47.8 Å². The fourth-order valence-corrected chi connectivity index (χ4v) is 2.71. The van der Waals surface area contributed by atoms with E-state index in [0.717, 1.165) is 14.6 Å². The maximum atomic E-state index is 5.69.